The number of hydrogen-bond donors (Lipinski definition) is 2. The molecule has 1 aromatic heterocycles. The van der Waals surface area contributed by atoms with E-state index < -0.39 is 0 Å². The summed E-state index contributed by atoms with van der Waals surface area (Å²) in [6.45, 7) is 0. The Kier molecular flexibility index (Phi) is 2.84. The van der Waals surface area contributed by atoms with Crippen LogP contribution in [0.2, 0.25) is 0 Å². The van der Waals surface area contributed by atoms with Gasteiger partial charge in [-0.2, -0.15) is 0 Å². The lowest BCUT2D eigenvalue weighted by Gasteiger charge is -2.01. The molecule has 1 heterocycles. The normalized spacial score (nSPS) is 10.6. The molecule has 98 valence electrons. The van der Waals surface area contributed by atoms with E-state index in [0.29, 0.717) is 28.3 Å². The van der Waals surface area contributed by atoms with Crippen molar-refractivity contribution in [2.45, 2.75) is 0 Å². The van der Waals surface area contributed by atoms with Gasteiger partial charge in [-0.1, -0.05) is 42.5 Å². The van der Waals surface area contributed by atoms with Crippen LogP contribution in [0.5, 0.6) is 5.88 Å². The topological polar surface area (TPSA) is 70.2 Å². The fourth-order valence-corrected chi connectivity index (χ4v) is 2.22. The summed E-state index contributed by atoms with van der Waals surface area (Å²) in [4.78, 5) is 25.9. The Hall–Kier alpha value is -2.88. The molecule has 4 nitrogen and oxygen atoms in total. The van der Waals surface area contributed by atoms with Gasteiger partial charge in [-0.3, -0.25) is 9.59 Å². The van der Waals surface area contributed by atoms with Crippen LogP contribution in [0.4, 0.5) is 0 Å². The molecule has 20 heavy (non-hydrogen) atoms. The molecule has 2 aromatic carbocycles. The van der Waals surface area contributed by atoms with Crippen LogP contribution in [0.1, 0.15) is 26.3 Å². The average Bonchev–Trinajstić information content (AvgIpc) is 2.81. The van der Waals surface area contributed by atoms with Gasteiger partial charge in [0.05, 0.1) is 5.56 Å². The summed E-state index contributed by atoms with van der Waals surface area (Å²) in [7, 11) is 0. The zero-order valence-corrected chi connectivity index (χ0v) is 10.5. The highest BCUT2D eigenvalue weighted by atomic mass is 16.3. The standard InChI is InChI=1S/C16H11NO3/c18-9-13-12-7-6-11(8-14(12)17-16(13)20)15(19)10-4-2-1-3-5-10/h1-9,17,20H. The van der Waals surface area contributed by atoms with Gasteiger partial charge in [0, 0.05) is 22.0 Å². The highest BCUT2D eigenvalue weighted by Crippen LogP contribution is 2.26. The number of nitrogens with one attached hydrogen (secondary N) is 1. The van der Waals surface area contributed by atoms with Crippen molar-refractivity contribution in [2.75, 3.05) is 0 Å². The number of aromatic hydroxyl groups is 1. The monoisotopic (exact) mass is 265 g/mol. The second-order valence-electron chi connectivity index (χ2n) is 4.46. The first kappa shape index (κ1) is 12.2. The SMILES string of the molecule is O=Cc1c(O)[nH]c2cc(C(=O)c3ccccc3)ccc12. The van der Waals surface area contributed by atoms with Crippen molar-refractivity contribution < 1.29 is 14.7 Å². The molecule has 3 aromatic rings. The van der Waals surface area contributed by atoms with E-state index in [9.17, 15) is 14.7 Å². The van der Waals surface area contributed by atoms with Crippen LogP contribution in [0.15, 0.2) is 48.5 Å². The summed E-state index contributed by atoms with van der Waals surface area (Å²) < 4.78 is 0. The van der Waals surface area contributed by atoms with Crippen LogP contribution in [0.25, 0.3) is 10.9 Å². The van der Waals surface area contributed by atoms with E-state index in [4.69, 9.17) is 0 Å². The summed E-state index contributed by atoms with van der Waals surface area (Å²) in [5.41, 5.74) is 1.87. The number of rotatable bonds is 3. The summed E-state index contributed by atoms with van der Waals surface area (Å²) in [5, 5.41) is 10.2. The van der Waals surface area contributed by atoms with Crippen LogP contribution in [-0.2, 0) is 0 Å². The fourth-order valence-electron chi connectivity index (χ4n) is 2.22. The van der Waals surface area contributed by atoms with Crippen LogP contribution >= 0.6 is 0 Å². The van der Waals surface area contributed by atoms with E-state index in [1.165, 1.54) is 0 Å². The predicted molar refractivity (Wildman–Crippen MR) is 75.2 cm³/mol. The van der Waals surface area contributed by atoms with E-state index in [1.807, 2.05) is 6.07 Å². The van der Waals surface area contributed by atoms with Crippen molar-refractivity contribution in [3.05, 3.63) is 65.2 Å². The first-order valence-electron chi connectivity index (χ1n) is 6.10. The van der Waals surface area contributed by atoms with Crippen molar-refractivity contribution in [1.82, 2.24) is 4.98 Å². The zero-order chi connectivity index (χ0) is 14.1. The quantitative estimate of drug-likeness (QED) is 0.565. The maximum Gasteiger partial charge on any atom is 0.200 e. The minimum absolute atomic E-state index is 0.103. The Bertz CT molecular complexity index is 803. The third kappa shape index (κ3) is 1.87. The summed E-state index contributed by atoms with van der Waals surface area (Å²) in [6.07, 6.45) is 0.590. The summed E-state index contributed by atoms with van der Waals surface area (Å²) >= 11 is 0. The van der Waals surface area contributed by atoms with Crippen molar-refractivity contribution in [3.8, 4) is 5.88 Å². The minimum atomic E-state index is -0.181. The number of aromatic nitrogens is 1. The van der Waals surface area contributed by atoms with Gasteiger partial charge in [0.15, 0.2) is 17.9 Å². The molecular weight excluding hydrogens is 254 g/mol. The number of aromatic amines is 1. The Morgan fingerprint density at radius 3 is 2.50 bits per heavy atom. The second kappa shape index (κ2) is 4.66. The van der Waals surface area contributed by atoms with Gasteiger partial charge in [-0.05, 0) is 6.07 Å². The smallest absolute Gasteiger partial charge is 0.200 e. The Balaban J connectivity index is 2.10. The van der Waals surface area contributed by atoms with E-state index in [-0.39, 0.29) is 17.2 Å². The number of benzene rings is 2. The molecule has 0 unspecified atom stereocenters. The summed E-state index contributed by atoms with van der Waals surface area (Å²) in [5.74, 6) is -0.284. The number of H-pyrrole nitrogens is 1. The predicted octanol–water partition coefficient (Wildman–Crippen LogP) is 2.92. The highest BCUT2D eigenvalue weighted by molar-refractivity contribution is 6.11. The number of aldehydes is 1. The van der Waals surface area contributed by atoms with E-state index >= 15 is 0 Å². The molecule has 4 heteroatoms. The van der Waals surface area contributed by atoms with Crippen LogP contribution in [0.3, 0.4) is 0 Å². The number of ketones is 1. The molecular formula is C16H11NO3. The van der Waals surface area contributed by atoms with Crippen molar-refractivity contribution >= 4 is 23.0 Å². The first-order valence-corrected chi connectivity index (χ1v) is 6.10. The Morgan fingerprint density at radius 2 is 1.80 bits per heavy atom. The Morgan fingerprint density at radius 1 is 1.05 bits per heavy atom. The lowest BCUT2D eigenvalue weighted by molar-refractivity contribution is 0.103. The highest BCUT2D eigenvalue weighted by Gasteiger charge is 2.13. The largest absolute Gasteiger partial charge is 0.494 e. The van der Waals surface area contributed by atoms with Gasteiger partial charge in [0.1, 0.15) is 0 Å². The molecule has 0 aliphatic rings. The lowest BCUT2D eigenvalue weighted by Crippen LogP contribution is -2.00. The lowest BCUT2D eigenvalue weighted by atomic mass is 10.0. The van der Waals surface area contributed by atoms with Crippen LogP contribution < -0.4 is 0 Å². The zero-order valence-electron chi connectivity index (χ0n) is 10.5. The second-order valence-corrected chi connectivity index (χ2v) is 4.46. The van der Waals surface area contributed by atoms with Crippen molar-refractivity contribution in [1.29, 1.82) is 0 Å². The van der Waals surface area contributed by atoms with Gasteiger partial charge in [-0.25, -0.2) is 0 Å². The molecule has 0 saturated heterocycles. The number of hydrogen-bond acceptors (Lipinski definition) is 3. The van der Waals surface area contributed by atoms with Crippen LogP contribution in [-0.4, -0.2) is 22.2 Å². The molecule has 0 saturated carbocycles. The number of fused-ring (bicyclic) bond motifs is 1. The first-order chi connectivity index (χ1) is 9.70. The van der Waals surface area contributed by atoms with E-state index in [2.05, 4.69) is 4.98 Å². The third-order valence-corrected chi connectivity index (χ3v) is 3.23. The Labute approximate surface area is 114 Å². The third-order valence-electron chi connectivity index (χ3n) is 3.23. The van der Waals surface area contributed by atoms with Gasteiger partial charge in [-0.15, -0.1) is 0 Å². The molecule has 0 aliphatic carbocycles. The molecule has 0 atom stereocenters. The van der Waals surface area contributed by atoms with Gasteiger partial charge < -0.3 is 10.1 Å². The van der Waals surface area contributed by atoms with Gasteiger partial charge in [0.2, 0.25) is 0 Å². The number of carbonyl (C=O) groups is 2. The average molecular weight is 265 g/mol. The van der Waals surface area contributed by atoms with Gasteiger partial charge in [0.25, 0.3) is 0 Å². The van der Waals surface area contributed by atoms with Crippen LogP contribution in [0, 0.1) is 0 Å². The molecule has 0 fully saturated rings. The molecule has 0 aliphatic heterocycles. The van der Waals surface area contributed by atoms with E-state index in [0.717, 1.165) is 0 Å². The maximum atomic E-state index is 12.3. The van der Waals surface area contributed by atoms with Crippen molar-refractivity contribution in [3.63, 3.8) is 0 Å². The molecule has 0 radical (unpaired) electrons. The maximum absolute atomic E-state index is 12.3. The molecule has 0 bridgehead atoms. The molecule has 3 rings (SSSR count). The molecule has 0 amide bonds. The molecule has 0 spiro atoms. The minimum Gasteiger partial charge on any atom is -0.494 e. The fraction of sp³-hybridized carbons (Fsp3) is 0. The molecule has 2 N–H and O–H groups in total. The van der Waals surface area contributed by atoms with Crippen molar-refractivity contribution in [2.24, 2.45) is 0 Å². The van der Waals surface area contributed by atoms with E-state index in [1.54, 1.807) is 42.5 Å². The van der Waals surface area contributed by atoms with Gasteiger partial charge >= 0.3 is 0 Å². The number of carbonyl (C=O) groups excluding carboxylic acids is 2. The summed E-state index contributed by atoms with van der Waals surface area (Å²) in [6, 6.07) is 13.9.